The molecule has 4 nitrogen and oxygen atoms in total. The SMILES string of the molecule is C[C@H]1CCCN1[C@H]1CCN(c2ccccc2NC(=O)C2CCCCC2)C1. The topological polar surface area (TPSA) is 35.6 Å². The van der Waals surface area contributed by atoms with Crippen LogP contribution in [-0.4, -0.2) is 42.5 Å². The monoisotopic (exact) mass is 355 g/mol. The Bertz CT molecular complexity index is 626. The minimum Gasteiger partial charge on any atom is -0.368 e. The third-order valence-electron chi connectivity index (χ3n) is 6.72. The van der Waals surface area contributed by atoms with E-state index in [1.54, 1.807) is 0 Å². The van der Waals surface area contributed by atoms with Gasteiger partial charge in [-0.15, -0.1) is 0 Å². The summed E-state index contributed by atoms with van der Waals surface area (Å²) < 4.78 is 0. The summed E-state index contributed by atoms with van der Waals surface area (Å²) in [5.41, 5.74) is 2.20. The molecular weight excluding hydrogens is 322 g/mol. The maximum Gasteiger partial charge on any atom is 0.227 e. The van der Waals surface area contributed by atoms with Crippen LogP contribution >= 0.6 is 0 Å². The van der Waals surface area contributed by atoms with Crippen molar-refractivity contribution in [3.63, 3.8) is 0 Å². The first-order valence-corrected chi connectivity index (χ1v) is 10.6. The molecule has 1 aliphatic carbocycles. The average Bonchev–Trinajstić information content (AvgIpc) is 3.31. The third kappa shape index (κ3) is 3.75. The van der Waals surface area contributed by atoms with E-state index >= 15 is 0 Å². The summed E-state index contributed by atoms with van der Waals surface area (Å²) in [6.07, 6.45) is 9.68. The zero-order chi connectivity index (χ0) is 17.9. The Kier molecular flexibility index (Phi) is 5.49. The van der Waals surface area contributed by atoms with Gasteiger partial charge in [0.15, 0.2) is 0 Å². The van der Waals surface area contributed by atoms with Gasteiger partial charge in [-0.2, -0.15) is 0 Å². The van der Waals surface area contributed by atoms with Crippen molar-refractivity contribution < 1.29 is 4.79 Å². The number of carbonyl (C=O) groups is 1. The van der Waals surface area contributed by atoms with E-state index < -0.39 is 0 Å². The van der Waals surface area contributed by atoms with E-state index in [4.69, 9.17) is 0 Å². The fraction of sp³-hybridized carbons (Fsp3) is 0.682. The highest BCUT2D eigenvalue weighted by Gasteiger charge is 2.33. The Labute approximate surface area is 157 Å². The minimum absolute atomic E-state index is 0.202. The lowest BCUT2D eigenvalue weighted by Gasteiger charge is -2.29. The molecule has 142 valence electrons. The molecule has 0 unspecified atom stereocenters. The molecule has 0 spiro atoms. The number of rotatable bonds is 4. The first-order chi connectivity index (χ1) is 12.7. The van der Waals surface area contributed by atoms with Gasteiger partial charge in [0.05, 0.1) is 11.4 Å². The average molecular weight is 356 g/mol. The highest BCUT2D eigenvalue weighted by Crippen LogP contribution is 2.33. The smallest absolute Gasteiger partial charge is 0.227 e. The van der Waals surface area contributed by atoms with Crippen LogP contribution in [0.25, 0.3) is 0 Å². The lowest BCUT2D eigenvalue weighted by Crippen LogP contribution is -2.39. The Morgan fingerprint density at radius 2 is 1.81 bits per heavy atom. The summed E-state index contributed by atoms with van der Waals surface area (Å²) in [4.78, 5) is 17.9. The number of benzene rings is 1. The van der Waals surface area contributed by atoms with E-state index in [0.717, 1.165) is 37.7 Å². The normalized spacial score (nSPS) is 27.8. The summed E-state index contributed by atoms with van der Waals surface area (Å²) in [5.74, 6) is 0.426. The van der Waals surface area contributed by atoms with Gasteiger partial charge in [-0.1, -0.05) is 31.4 Å². The summed E-state index contributed by atoms with van der Waals surface area (Å²) in [5, 5.41) is 3.26. The molecule has 4 rings (SSSR count). The molecular formula is C22H33N3O. The fourth-order valence-electron chi connectivity index (χ4n) is 5.18. The van der Waals surface area contributed by atoms with E-state index in [9.17, 15) is 4.79 Å². The molecule has 1 aromatic carbocycles. The maximum atomic E-state index is 12.7. The summed E-state index contributed by atoms with van der Waals surface area (Å²) in [6, 6.07) is 9.76. The standard InChI is InChI=1S/C22H33N3O/c1-17-8-7-14-25(17)19-13-15-24(16-19)21-12-6-5-11-20(21)23-22(26)18-9-3-2-4-10-18/h5-6,11-12,17-19H,2-4,7-10,13-16H2,1H3,(H,23,26)/t17-,19-/m0/s1. The first kappa shape index (κ1) is 17.8. The number of nitrogens with one attached hydrogen (secondary N) is 1. The van der Waals surface area contributed by atoms with Crippen LogP contribution in [0, 0.1) is 5.92 Å². The Morgan fingerprint density at radius 1 is 1.00 bits per heavy atom. The number of carbonyl (C=O) groups excluding carboxylic acids is 1. The van der Waals surface area contributed by atoms with Crippen LogP contribution in [0.3, 0.4) is 0 Å². The minimum atomic E-state index is 0.202. The molecule has 2 saturated heterocycles. The van der Waals surface area contributed by atoms with Crippen molar-refractivity contribution in [3.05, 3.63) is 24.3 Å². The van der Waals surface area contributed by atoms with Crippen LogP contribution in [0.4, 0.5) is 11.4 Å². The van der Waals surface area contributed by atoms with Gasteiger partial charge in [0.25, 0.3) is 0 Å². The quantitative estimate of drug-likeness (QED) is 0.876. The molecule has 4 heteroatoms. The van der Waals surface area contributed by atoms with E-state index in [1.807, 2.05) is 6.07 Å². The summed E-state index contributed by atoms with van der Waals surface area (Å²) in [7, 11) is 0. The number of hydrogen-bond donors (Lipinski definition) is 1. The third-order valence-corrected chi connectivity index (χ3v) is 6.72. The predicted octanol–water partition coefficient (Wildman–Crippen LogP) is 4.27. The molecule has 26 heavy (non-hydrogen) atoms. The fourth-order valence-corrected chi connectivity index (χ4v) is 5.18. The van der Waals surface area contributed by atoms with Crippen molar-refractivity contribution in [1.29, 1.82) is 0 Å². The molecule has 3 aliphatic rings. The number of amides is 1. The Morgan fingerprint density at radius 3 is 2.58 bits per heavy atom. The van der Waals surface area contributed by atoms with Crippen molar-refractivity contribution in [3.8, 4) is 0 Å². The van der Waals surface area contributed by atoms with Crippen LogP contribution in [0.15, 0.2) is 24.3 Å². The maximum absolute atomic E-state index is 12.7. The van der Waals surface area contributed by atoms with Crippen molar-refractivity contribution in [2.45, 2.75) is 70.4 Å². The van der Waals surface area contributed by atoms with E-state index in [2.05, 4.69) is 40.2 Å². The number of nitrogens with zero attached hydrogens (tertiary/aromatic N) is 2. The molecule has 2 atom stereocenters. The van der Waals surface area contributed by atoms with Crippen molar-refractivity contribution in [2.75, 3.05) is 29.9 Å². The van der Waals surface area contributed by atoms with Crippen LogP contribution in [-0.2, 0) is 4.79 Å². The van der Waals surface area contributed by atoms with Crippen LogP contribution < -0.4 is 10.2 Å². The van der Waals surface area contributed by atoms with Gasteiger partial charge >= 0.3 is 0 Å². The second-order valence-electron chi connectivity index (χ2n) is 8.46. The lowest BCUT2D eigenvalue weighted by molar-refractivity contribution is -0.120. The zero-order valence-corrected chi connectivity index (χ0v) is 16.1. The highest BCUT2D eigenvalue weighted by molar-refractivity contribution is 5.95. The molecule has 2 aliphatic heterocycles. The van der Waals surface area contributed by atoms with E-state index in [-0.39, 0.29) is 11.8 Å². The first-order valence-electron chi connectivity index (χ1n) is 10.6. The molecule has 1 amide bonds. The Hall–Kier alpha value is -1.55. The van der Waals surface area contributed by atoms with Gasteiger partial charge < -0.3 is 10.2 Å². The van der Waals surface area contributed by atoms with Crippen LogP contribution in [0.2, 0.25) is 0 Å². The molecule has 0 bridgehead atoms. The molecule has 1 aromatic rings. The van der Waals surface area contributed by atoms with Crippen molar-refractivity contribution in [2.24, 2.45) is 5.92 Å². The van der Waals surface area contributed by atoms with Crippen molar-refractivity contribution in [1.82, 2.24) is 4.90 Å². The molecule has 2 heterocycles. The van der Waals surface area contributed by atoms with E-state index in [1.165, 1.54) is 50.8 Å². The summed E-state index contributed by atoms with van der Waals surface area (Å²) in [6.45, 7) is 5.79. The van der Waals surface area contributed by atoms with Gasteiger partial charge in [-0.25, -0.2) is 0 Å². The lowest BCUT2D eigenvalue weighted by atomic mass is 9.88. The second kappa shape index (κ2) is 7.99. The van der Waals surface area contributed by atoms with Gasteiger partial charge in [-0.3, -0.25) is 9.69 Å². The number of likely N-dealkylation sites (tertiary alicyclic amines) is 1. The van der Waals surface area contributed by atoms with Crippen LogP contribution in [0.5, 0.6) is 0 Å². The number of para-hydroxylation sites is 2. The number of anilines is 2. The molecule has 1 saturated carbocycles. The van der Waals surface area contributed by atoms with Crippen molar-refractivity contribution >= 4 is 17.3 Å². The second-order valence-corrected chi connectivity index (χ2v) is 8.46. The Balaban J connectivity index is 1.43. The molecule has 1 N–H and O–H groups in total. The van der Waals surface area contributed by atoms with Crippen LogP contribution in [0.1, 0.15) is 58.3 Å². The molecule has 0 radical (unpaired) electrons. The summed E-state index contributed by atoms with van der Waals surface area (Å²) >= 11 is 0. The van der Waals surface area contributed by atoms with Gasteiger partial charge in [0, 0.05) is 31.1 Å². The largest absolute Gasteiger partial charge is 0.368 e. The molecule has 0 aromatic heterocycles. The highest BCUT2D eigenvalue weighted by atomic mass is 16.1. The van der Waals surface area contributed by atoms with Gasteiger partial charge in [0.1, 0.15) is 0 Å². The van der Waals surface area contributed by atoms with Gasteiger partial charge in [-0.05, 0) is 57.7 Å². The van der Waals surface area contributed by atoms with Gasteiger partial charge in [0.2, 0.25) is 5.91 Å². The number of hydrogen-bond acceptors (Lipinski definition) is 3. The van der Waals surface area contributed by atoms with E-state index in [0.29, 0.717) is 6.04 Å². The zero-order valence-electron chi connectivity index (χ0n) is 16.1. The predicted molar refractivity (Wildman–Crippen MR) is 108 cm³/mol. The molecule has 3 fully saturated rings.